The number of halogens is 1. The smallest absolute Gasteiger partial charge is 0.193 e. The first-order valence-corrected chi connectivity index (χ1v) is 11.0. The van der Waals surface area contributed by atoms with Crippen LogP contribution >= 0.6 is 35.3 Å². The van der Waals surface area contributed by atoms with Crippen LogP contribution < -0.4 is 10.1 Å². The molecule has 1 aromatic carbocycles. The molecule has 0 spiro atoms. The van der Waals surface area contributed by atoms with E-state index < -0.39 is 0 Å². The zero-order valence-electron chi connectivity index (χ0n) is 17.9. The van der Waals surface area contributed by atoms with Crippen LogP contribution in [0.15, 0.2) is 40.7 Å². The summed E-state index contributed by atoms with van der Waals surface area (Å²) in [5.41, 5.74) is 1.29. The number of benzene rings is 1. The van der Waals surface area contributed by atoms with Crippen molar-refractivity contribution in [3.8, 4) is 5.75 Å². The van der Waals surface area contributed by atoms with Crippen LogP contribution in [0, 0.1) is 0 Å². The molecule has 3 rings (SSSR count). The fraction of sp³-hybridized carbons (Fsp3) is 0.545. The SMILES string of the molecule is CN=C(NCCc1nc(C(C)(C)C)cs1)N1CCC(Oc2ccccc2)CC1.I. The lowest BCUT2D eigenvalue weighted by Crippen LogP contribution is -2.47. The molecule has 0 amide bonds. The summed E-state index contributed by atoms with van der Waals surface area (Å²) in [6, 6.07) is 10.1. The second-order valence-electron chi connectivity index (χ2n) is 8.22. The Hall–Kier alpha value is -1.35. The number of thiazole rings is 1. The molecule has 1 aromatic heterocycles. The van der Waals surface area contributed by atoms with Crippen molar-refractivity contribution in [2.24, 2.45) is 4.99 Å². The summed E-state index contributed by atoms with van der Waals surface area (Å²) < 4.78 is 6.09. The van der Waals surface area contributed by atoms with Gasteiger partial charge in [-0.1, -0.05) is 39.0 Å². The number of para-hydroxylation sites is 1. The third-order valence-electron chi connectivity index (χ3n) is 4.94. The van der Waals surface area contributed by atoms with Gasteiger partial charge in [0.1, 0.15) is 11.9 Å². The van der Waals surface area contributed by atoms with Gasteiger partial charge < -0.3 is 15.0 Å². The molecule has 1 aliphatic heterocycles. The first-order valence-electron chi connectivity index (χ1n) is 10.1. The fourth-order valence-electron chi connectivity index (χ4n) is 3.26. The first-order chi connectivity index (χ1) is 13.5. The molecule has 160 valence electrons. The molecule has 0 radical (unpaired) electrons. The highest BCUT2D eigenvalue weighted by Crippen LogP contribution is 2.24. The van der Waals surface area contributed by atoms with E-state index in [0.717, 1.165) is 50.6 Å². The lowest BCUT2D eigenvalue weighted by atomic mass is 9.93. The second kappa shape index (κ2) is 11.2. The van der Waals surface area contributed by atoms with Crippen LogP contribution in [-0.2, 0) is 11.8 Å². The molecule has 5 nitrogen and oxygen atoms in total. The number of hydrogen-bond donors (Lipinski definition) is 1. The molecular weight excluding hydrogens is 495 g/mol. The Morgan fingerprint density at radius 2 is 1.93 bits per heavy atom. The van der Waals surface area contributed by atoms with E-state index >= 15 is 0 Å². The number of likely N-dealkylation sites (tertiary alicyclic amines) is 1. The molecule has 0 aliphatic carbocycles. The summed E-state index contributed by atoms with van der Waals surface area (Å²) in [5, 5.41) is 6.87. The van der Waals surface area contributed by atoms with E-state index in [1.54, 1.807) is 11.3 Å². The Bertz CT molecular complexity index is 765. The van der Waals surface area contributed by atoms with Crippen molar-refractivity contribution < 1.29 is 4.74 Å². The standard InChI is InChI=1S/C22H32N4OS.HI/c1-22(2,3)19-16-28-20(25-19)10-13-24-21(23-4)26-14-11-18(12-15-26)27-17-8-6-5-7-9-17;/h5-9,16,18H,10-15H2,1-4H3,(H,23,24);1H. The Balaban J connectivity index is 0.00000300. The first kappa shape index (κ1) is 23.9. The van der Waals surface area contributed by atoms with Gasteiger partial charge >= 0.3 is 0 Å². The van der Waals surface area contributed by atoms with E-state index in [1.807, 2.05) is 37.4 Å². The van der Waals surface area contributed by atoms with E-state index in [4.69, 9.17) is 9.72 Å². The minimum absolute atomic E-state index is 0. The van der Waals surface area contributed by atoms with Crippen molar-refractivity contribution in [1.82, 2.24) is 15.2 Å². The van der Waals surface area contributed by atoms with Gasteiger partial charge in [-0.15, -0.1) is 35.3 Å². The molecule has 7 heteroatoms. The van der Waals surface area contributed by atoms with Crippen LogP contribution in [0.3, 0.4) is 0 Å². The van der Waals surface area contributed by atoms with Crippen LogP contribution in [0.2, 0.25) is 0 Å². The summed E-state index contributed by atoms with van der Waals surface area (Å²) in [4.78, 5) is 11.6. The van der Waals surface area contributed by atoms with E-state index in [1.165, 1.54) is 10.7 Å². The summed E-state index contributed by atoms with van der Waals surface area (Å²) in [6.07, 6.45) is 3.23. The van der Waals surface area contributed by atoms with E-state index in [2.05, 4.69) is 41.4 Å². The molecule has 1 fully saturated rings. The van der Waals surface area contributed by atoms with Gasteiger partial charge in [-0.05, 0) is 12.1 Å². The highest BCUT2D eigenvalue weighted by molar-refractivity contribution is 14.0. The molecule has 0 atom stereocenters. The lowest BCUT2D eigenvalue weighted by Gasteiger charge is -2.34. The predicted octanol–water partition coefficient (Wildman–Crippen LogP) is 4.72. The molecule has 0 saturated carbocycles. The largest absolute Gasteiger partial charge is 0.490 e. The predicted molar refractivity (Wildman–Crippen MR) is 133 cm³/mol. The van der Waals surface area contributed by atoms with Gasteiger partial charge in [0.25, 0.3) is 0 Å². The van der Waals surface area contributed by atoms with Crippen LogP contribution in [0.4, 0.5) is 0 Å². The summed E-state index contributed by atoms with van der Waals surface area (Å²) in [5.74, 6) is 1.94. The molecule has 1 saturated heterocycles. The van der Waals surface area contributed by atoms with Gasteiger partial charge in [-0.3, -0.25) is 4.99 Å². The van der Waals surface area contributed by atoms with Crippen molar-refractivity contribution in [2.75, 3.05) is 26.7 Å². The van der Waals surface area contributed by atoms with Crippen molar-refractivity contribution >= 4 is 41.3 Å². The average Bonchev–Trinajstić information content (AvgIpc) is 3.16. The van der Waals surface area contributed by atoms with Gasteiger partial charge in [-0.2, -0.15) is 0 Å². The number of guanidine groups is 1. The lowest BCUT2D eigenvalue weighted by molar-refractivity contribution is 0.129. The Morgan fingerprint density at radius 3 is 2.52 bits per heavy atom. The highest BCUT2D eigenvalue weighted by atomic mass is 127. The van der Waals surface area contributed by atoms with Crippen LogP contribution in [0.1, 0.15) is 44.3 Å². The maximum absolute atomic E-state index is 6.09. The van der Waals surface area contributed by atoms with Gasteiger partial charge in [-0.25, -0.2) is 4.98 Å². The molecular formula is C22H33IN4OS. The molecule has 2 heterocycles. The normalized spacial score (nSPS) is 15.7. The van der Waals surface area contributed by atoms with Crippen molar-refractivity contribution in [1.29, 1.82) is 0 Å². The molecule has 29 heavy (non-hydrogen) atoms. The van der Waals surface area contributed by atoms with E-state index in [0.29, 0.717) is 0 Å². The van der Waals surface area contributed by atoms with Crippen LogP contribution in [-0.4, -0.2) is 48.6 Å². The Kier molecular flexibility index (Phi) is 9.20. The number of hydrogen-bond acceptors (Lipinski definition) is 4. The average molecular weight is 529 g/mol. The van der Waals surface area contributed by atoms with Gasteiger partial charge in [0, 0.05) is 56.7 Å². The monoisotopic (exact) mass is 528 g/mol. The summed E-state index contributed by atoms with van der Waals surface area (Å²) >= 11 is 1.75. The second-order valence-corrected chi connectivity index (χ2v) is 9.16. The van der Waals surface area contributed by atoms with Crippen molar-refractivity contribution in [3.63, 3.8) is 0 Å². The number of rotatable bonds is 5. The number of nitrogens with one attached hydrogen (secondary N) is 1. The molecule has 1 aliphatic rings. The molecule has 0 unspecified atom stereocenters. The van der Waals surface area contributed by atoms with Crippen molar-refractivity contribution in [3.05, 3.63) is 46.4 Å². The van der Waals surface area contributed by atoms with Crippen LogP contribution in [0.25, 0.3) is 0 Å². The molecule has 2 aromatic rings. The van der Waals surface area contributed by atoms with Crippen LogP contribution in [0.5, 0.6) is 5.75 Å². The quantitative estimate of drug-likeness (QED) is 0.347. The third kappa shape index (κ3) is 7.13. The van der Waals surface area contributed by atoms with E-state index in [9.17, 15) is 0 Å². The number of nitrogens with zero attached hydrogens (tertiary/aromatic N) is 3. The Morgan fingerprint density at radius 1 is 1.24 bits per heavy atom. The number of piperidine rings is 1. The fourth-order valence-corrected chi connectivity index (χ4v) is 4.29. The van der Waals surface area contributed by atoms with Gasteiger partial charge in [0.15, 0.2) is 5.96 Å². The summed E-state index contributed by atoms with van der Waals surface area (Å²) in [7, 11) is 1.86. The topological polar surface area (TPSA) is 49.8 Å². The minimum atomic E-state index is 0. The van der Waals surface area contributed by atoms with E-state index in [-0.39, 0.29) is 35.5 Å². The summed E-state index contributed by atoms with van der Waals surface area (Å²) in [6.45, 7) is 9.39. The van der Waals surface area contributed by atoms with Crippen molar-refractivity contribution in [2.45, 2.75) is 51.6 Å². The zero-order chi connectivity index (χ0) is 20.0. The minimum Gasteiger partial charge on any atom is -0.490 e. The maximum Gasteiger partial charge on any atom is 0.193 e. The Labute approximate surface area is 196 Å². The molecule has 1 N–H and O–H groups in total. The molecule has 0 bridgehead atoms. The zero-order valence-corrected chi connectivity index (χ0v) is 21.0. The van der Waals surface area contributed by atoms with Gasteiger partial charge in [0.2, 0.25) is 0 Å². The highest BCUT2D eigenvalue weighted by Gasteiger charge is 2.23. The van der Waals surface area contributed by atoms with Gasteiger partial charge in [0.05, 0.1) is 10.7 Å². The number of ether oxygens (including phenoxy) is 1. The number of aliphatic imine (C=N–C) groups is 1. The number of aromatic nitrogens is 1. The third-order valence-corrected chi connectivity index (χ3v) is 5.85. The maximum atomic E-state index is 6.09.